The van der Waals surface area contributed by atoms with Gasteiger partial charge in [-0.05, 0) is 18.6 Å². The van der Waals surface area contributed by atoms with Crippen LogP contribution >= 0.6 is 0 Å². The van der Waals surface area contributed by atoms with Crippen molar-refractivity contribution < 1.29 is 4.74 Å². The minimum Gasteiger partial charge on any atom is -0.385 e. The highest BCUT2D eigenvalue weighted by molar-refractivity contribution is 5.68. The second-order valence-electron chi connectivity index (χ2n) is 3.01. The normalized spacial score (nSPS) is 10.9. The van der Waals surface area contributed by atoms with Crippen molar-refractivity contribution in [2.24, 2.45) is 0 Å². The van der Waals surface area contributed by atoms with Crippen LogP contribution in [0.5, 0.6) is 0 Å². The van der Waals surface area contributed by atoms with E-state index in [1.807, 2.05) is 12.1 Å². The zero-order valence-corrected chi connectivity index (χ0v) is 8.05. The van der Waals surface area contributed by atoms with Gasteiger partial charge in [0, 0.05) is 26.5 Å². The van der Waals surface area contributed by atoms with E-state index in [1.165, 1.54) is 0 Å². The van der Waals surface area contributed by atoms with Gasteiger partial charge in [0.1, 0.15) is 5.52 Å². The molecule has 0 bridgehead atoms. The van der Waals surface area contributed by atoms with Crippen molar-refractivity contribution in [2.45, 2.75) is 13.0 Å². The largest absolute Gasteiger partial charge is 0.385 e. The fraction of sp³-hybridized carbons (Fsp3) is 0.444. The standard InChI is InChI=1S/C9H12N4O/c1-14-7-3-6-13-9-8(11-12-13)4-2-5-10-9/h2,4-5H,3,6-7H2,1H3. The fourth-order valence-electron chi connectivity index (χ4n) is 1.32. The second kappa shape index (κ2) is 4.15. The highest BCUT2D eigenvalue weighted by atomic mass is 16.5. The third kappa shape index (κ3) is 1.72. The number of aromatic nitrogens is 4. The van der Waals surface area contributed by atoms with Gasteiger partial charge < -0.3 is 4.74 Å². The molecule has 0 atom stereocenters. The Morgan fingerprint density at radius 2 is 2.43 bits per heavy atom. The first-order valence-electron chi connectivity index (χ1n) is 4.55. The van der Waals surface area contributed by atoms with Gasteiger partial charge in [0.25, 0.3) is 0 Å². The Labute approximate surface area is 81.7 Å². The molecule has 74 valence electrons. The minimum absolute atomic E-state index is 0.730. The molecule has 0 unspecified atom stereocenters. The van der Waals surface area contributed by atoms with Crippen LogP contribution in [-0.2, 0) is 11.3 Å². The summed E-state index contributed by atoms with van der Waals surface area (Å²) in [5, 5.41) is 8.02. The molecule has 0 fully saturated rings. The van der Waals surface area contributed by atoms with E-state index >= 15 is 0 Å². The molecule has 2 rings (SSSR count). The Balaban J connectivity index is 2.17. The summed E-state index contributed by atoms with van der Waals surface area (Å²) in [5.74, 6) is 0. The molecule has 14 heavy (non-hydrogen) atoms. The zero-order valence-electron chi connectivity index (χ0n) is 8.05. The van der Waals surface area contributed by atoms with E-state index in [0.717, 1.165) is 30.7 Å². The lowest BCUT2D eigenvalue weighted by molar-refractivity contribution is 0.189. The summed E-state index contributed by atoms with van der Waals surface area (Å²) in [6.45, 7) is 1.52. The molecule has 0 aliphatic heterocycles. The third-order valence-electron chi connectivity index (χ3n) is 1.99. The molecule has 0 aliphatic rings. The van der Waals surface area contributed by atoms with Gasteiger partial charge in [-0.1, -0.05) is 5.21 Å². The van der Waals surface area contributed by atoms with E-state index in [9.17, 15) is 0 Å². The summed E-state index contributed by atoms with van der Waals surface area (Å²) < 4.78 is 6.77. The fourth-order valence-corrected chi connectivity index (χ4v) is 1.32. The van der Waals surface area contributed by atoms with E-state index in [-0.39, 0.29) is 0 Å². The Kier molecular flexibility index (Phi) is 2.69. The molecule has 0 spiro atoms. The van der Waals surface area contributed by atoms with Crippen molar-refractivity contribution in [3.63, 3.8) is 0 Å². The number of pyridine rings is 1. The Morgan fingerprint density at radius 3 is 3.29 bits per heavy atom. The van der Waals surface area contributed by atoms with Crippen LogP contribution in [0, 0.1) is 0 Å². The quantitative estimate of drug-likeness (QED) is 0.674. The average molecular weight is 192 g/mol. The number of rotatable bonds is 4. The summed E-state index contributed by atoms with van der Waals surface area (Å²) in [6, 6.07) is 3.76. The van der Waals surface area contributed by atoms with Crippen molar-refractivity contribution >= 4 is 11.2 Å². The van der Waals surface area contributed by atoms with E-state index in [1.54, 1.807) is 18.0 Å². The lowest BCUT2D eigenvalue weighted by atomic mass is 10.4. The van der Waals surface area contributed by atoms with Gasteiger partial charge >= 0.3 is 0 Å². The second-order valence-corrected chi connectivity index (χ2v) is 3.01. The van der Waals surface area contributed by atoms with Crippen LogP contribution in [0.2, 0.25) is 0 Å². The number of fused-ring (bicyclic) bond motifs is 1. The maximum Gasteiger partial charge on any atom is 0.178 e. The maximum atomic E-state index is 4.97. The Morgan fingerprint density at radius 1 is 1.50 bits per heavy atom. The maximum absolute atomic E-state index is 4.97. The highest BCUT2D eigenvalue weighted by Gasteiger charge is 2.03. The number of hydrogen-bond donors (Lipinski definition) is 0. The summed E-state index contributed by atoms with van der Waals surface area (Å²) in [6.07, 6.45) is 2.67. The SMILES string of the molecule is COCCCn1nnc2cccnc21. The number of ether oxygens (including phenoxy) is 1. The van der Waals surface area contributed by atoms with Crippen LogP contribution in [0.4, 0.5) is 0 Å². The molecular formula is C9H12N4O. The molecular weight excluding hydrogens is 180 g/mol. The molecule has 0 amide bonds. The molecule has 0 aliphatic carbocycles. The molecule has 2 heterocycles. The summed E-state index contributed by atoms with van der Waals surface area (Å²) in [7, 11) is 1.69. The molecule has 2 aromatic rings. The number of nitrogens with zero attached hydrogens (tertiary/aromatic N) is 4. The van der Waals surface area contributed by atoms with Crippen molar-refractivity contribution in [3.8, 4) is 0 Å². The van der Waals surface area contributed by atoms with Gasteiger partial charge in [0.2, 0.25) is 0 Å². The van der Waals surface area contributed by atoms with E-state index in [2.05, 4.69) is 15.3 Å². The molecule has 5 heteroatoms. The van der Waals surface area contributed by atoms with Gasteiger partial charge in [0.15, 0.2) is 5.65 Å². The van der Waals surface area contributed by atoms with Crippen molar-refractivity contribution in [1.82, 2.24) is 20.0 Å². The number of hydrogen-bond acceptors (Lipinski definition) is 4. The predicted molar refractivity (Wildman–Crippen MR) is 51.8 cm³/mol. The first-order valence-corrected chi connectivity index (χ1v) is 4.55. The molecule has 0 radical (unpaired) electrons. The molecule has 0 saturated carbocycles. The van der Waals surface area contributed by atoms with Gasteiger partial charge in [-0.2, -0.15) is 0 Å². The molecule has 0 N–H and O–H groups in total. The minimum atomic E-state index is 0.730. The van der Waals surface area contributed by atoms with Crippen LogP contribution in [0.15, 0.2) is 18.3 Å². The van der Waals surface area contributed by atoms with Crippen molar-refractivity contribution in [1.29, 1.82) is 0 Å². The van der Waals surface area contributed by atoms with Crippen LogP contribution in [0.3, 0.4) is 0 Å². The van der Waals surface area contributed by atoms with E-state index in [4.69, 9.17) is 4.74 Å². The predicted octanol–water partition coefficient (Wildman–Crippen LogP) is 0.863. The topological polar surface area (TPSA) is 52.8 Å². The first-order chi connectivity index (χ1) is 6.92. The smallest absolute Gasteiger partial charge is 0.178 e. The molecule has 2 aromatic heterocycles. The Hall–Kier alpha value is -1.49. The van der Waals surface area contributed by atoms with Crippen LogP contribution in [-0.4, -0.2) is 33.7 Å². The van der Waals surface area contributed by atoms with Crippen LogP contribution in [0.25, 0.3) is 11.2 Å². The summed E-state index contributed by atoms with van der Waals surface area (Å²) >= 11 is 0. The summed E-state index contributed by atoms with van der Waals surface area (Å²) in [4.78, 5) is 4.22. The van der Waals surface area contributed by atoms with E-state index < -0.39 is 0 Å². The van der Waals surface area contributed by atoms with Crippen molar-refractivity contribution in [3.05, 3.63) is 18.3 Å². The third-order valence-corrected chi connectivity index (χ3v) is 1.99. The zero-order chi connectivity index (χ0) is 9.80. The lowest BCUT2D eigenvalue weighted by Crippen LogP contribution is -2.03. The molecule has 0 aromatic carbocycles. The van der Waals surface area contributed by atoms with Crippen LogP contribution in [0.1, 0.15) is 6.42 Å². The Bertz CT molecular complexity index is 412. The number of methoxy groups -OCH3 is 1. The van der Waals surface area contributed by atoms with Gasteiger partial charge in [-0.3, -0.25) is 0 Å². The molecule has 5 nitrogen and oxygen atoms in total. The van der Waals surface area contributed by atoms with Gasteiger partial charge in [0.05, 0.1) is 0 Å². The van der Waals surface area contributed by atoms with Gasteiger partial charge in [-0.15, -0.1) is 5.10 Å². The lowest BCUT2D eigenvalue weighted by Gasteiger charge is -1.99. The highest BCUT2D eigenvalue weighted by Crippen LogP contribution is 2.06. The van der Waals surface area contributed by atoms with Crippen molar-refractivity contribution in [2.75, 3.05) is 13.7 Å². The summed E-state index contributed by atoms with van der Waals surface area (Å²) in [5.41, 5.74) is 1.67. The van der Waals surface area contributed by atoms with Crippen LogP contribution < -0.4 is 0 Å². The first kappa shape index (κ1) is 9.08. The monoisotopic (exact) mass is 192 g/mol. The number of aryl methyl sites for hydroxylation is 1. The molecule has 0 saturated heterocycles. The average Bonchev–Trinajstić information content (AvgIpc) is 2.63. The van der Waals surface area contributed by atoms with Gasteiger partial charge in [-0.25, -0.2) is 9.67 Å². The van der Waals surface area contributed by atoms with E-state index in [0.29, 0.717) is 0 Å².